The zero-order chi connectivity index (χ0) is 13.0. The number of hydrogen-bond acceptors (Lipinski definition) is 4. The van der Waals surface area contributed by atoms with E-state index in [0.29, 0.717) is 12.4 Å². The molecule has 94 valence electrons. The molecule has 0 radical (unpaired) electrons. The summed E-state index contributed by atoms with van der Waals surface area (Å²) in [5, 5.41) is 0. The third kappa shape index (κ3) is 2.60. The van der Waals surface area contributed by atoms with Crippen molar-refractivity contribution in [1.82, 2.24) is 4.98 Å². The van der Waals surface area contributed by atoms with Crippen LogP contribution in [-0.4, -0.2) is 11.6 Å². The summed E-state index contributed by atoms with van der Waals surface area (Å²) in [7, 11) is 0. The maximum absolute atomic E-state index is 6.21. The van der Waals surface area contributed by atoms with Gasteiger partial charge in [0, 0.05) is 11.8 Å². The Kier molecular flexibility index (Phi) is 3.79. The van der Waals surface area contributed by atoms with E-state index >= 15 is 0 Å². The Morgan fingerprint density at radius 2 is 2.11 bits per heavy atom. The Hall–Kier alpha value is -2.07. The van der Waals surface area contributed by atoms with Gasteiger partial charge in [-0.1, -0.05) is 18.2 Å². The zero-order valence-electron chi connectivity index (χ0n) is 10.3. The molecule has 2 rings (SSSR count). The summed E-state index contributed by atoms with van der Waals surface area (Å²) in [5.74, 6) is 1.28. The zero-order valence-corrected chi connectivity index (χ0v) is 10.3. The summed E-state index contributed by atoms with van der Waals surface area (Å²) in [6.07, 6.45) is 1.65. The third-order valence-electron chi connectivity index (χ3n) is 2.73. The SMILES string of the molecule is CCOc1cccc(C(N)c2cccnc2N)c1. The van der Waals surface area contributed by atoms with Gasteiger partial charge in [-0.3, -0.25) is 0 Å². The molecule has 4 nitrogen and oxygen atoms in total. The lowest BCUT2D eigenvalue weighted by atomic mass is 10.00. The van der Waals surface area contributed by atoms with Crippen LogP contribution in [0.4, 0.5) is 5.82 Å². The molecule has 18 heavy (non-hydrogen) atoms. The van der Waals surface area contributed by atoms with Crippen molar-refractivity contribution >= 4 is 5.82 Å². The molecule has 0 amide bonds. The van der Waals surface area contributed by atoms with Gasteiger partial charge in [0.05, 0.1) is 12.6 Å². The van der Waals surface area contributed by atoms with E-state index in [1.807, 2.05) is 43.3 Å². The third-order valence-corrected chi connectivity index (χ3v) is 2.73. The summed E-state index contributed by atoms with van der Waals surface area (Å²) in [6.45, 7) is 2.58. The van der Waals surface area contributed by atoms with Crippen LogP contribution in [-0.2, 0) is 0 Å². The molecule has 1 unspecified atom stereocenters. The van der Waals surface area contributed by atoms with Crippen LogP contribution in [0, 0.1) is 0 Å². The number of anilines is 1. The van der Waals surface area contributed by atoms with Crippen LogP contribution in [0.2, 0.25) is 0 Å². The van der Waals surface area contributed by atoms with E-state index in [0.717, 1.165) is 16.9 Å². The minimum Gasteiger partial charge on any atom is -0.494 e. The van der Waals surface area contributed by atoms with Crippen LogP contribution in [0.1, 0.15) is 24.1 Å². The van der Waals surface area contributed by atoms with E-state index in [9.17, 15) is 0 Å². The van der Waals surface area contributed by atoms with Gasteiger partial charge in [0.2, 0.25) is 0 Å². The van der Waals surface area contributed by atoms with Gasteiger partial charge in [-0.25, -0.2) is 4.98 Å². The summed E-state index contributed by atoms with van der Waals surface area (Å²) in [6, 6.07) is 11.1. The first-order valence-electron chi connectivity index (χ1n) is 5.91. The van der Waals surface area contributed by atoms with Gasteiger partial charge in [0.1, 0.15) is 11.6 Å². The van der Waals surface area contributed by atoms with Crippen LogP contribution in [0.15, 0.2) is 42.6 Å². The minimum absolute atomic E-state index is 0.292. The lowest BCUT2D eigenvalue weighted by Gasteiger charge is -2.15. The molecule has 1 aromatic heterocycles. The Balaban J connectivity index is 2.31. The number of pyridine rings is 1. The van der Waals surface area contributed by atoms with E-state index in [4.69, 9.17) is 16.2 Å². The van der Waals surface area contributed by atoms with Crippen molar-refractivity contribution in [1.29, 1.82) is 0 Å². The number of aromatic nitrogens is 1. The lowest BCUT2D eigenvalue weighted by molar-refractivity contribution is 0.340. The second-order valence-corrected chi connectivity index (χ2v) is 3.96. The van der Waals surface area contributed by atoms with Crippen molar-refractivity contribution in [2.75, 3.05) is 12.3 Å². The molecule has 0 aliphatic rings. The Morgan fingerprint density at radius 1 is 1.28 bits per heavy atom. The van der Waals surface area contributed by atoms with Crippen molar-refractivity contribution in [3.8, 4) is 5.75 Å². The first kappa shape index (κ1) is 12.4. The summed E-state index contributed by atoms with van der Waals surface area (Å²) < 4.78 is 5.46. The predicted molar refractivity (Wildman–Crippen MR) is 72.3 cm³/mol. The van der Waals surface area contributed by atoms with Gasteiger partial charge >= 0.3 is 0 Å². The van der Waals surface area contributed by atoms with Gasteiger partial charge < -0.3 is 16.2 Å². The Labute approximate surface area is 107 Å². The van der Waals surface area contributed by atoms with E-state index in [1.165, 1.54) is 0 Å². The van der Waals surface area contributed by atoms with Crippen LogP contribution >= 0.6 is 0 Å². The second kappa shape index (κ2) is 5.51. The first-order chi connectivity index (χ1) is 8.72. The van der Waals surface area contributed by atoms with Crippen LogP contribution in [0.3, 0.4) is 0 Å². The van der Waals surface area contributed by atoms with Crippen LogP contribution < -0.4 is 16.2 Å². The fourth-order valence-electron chi connectivity index (χ4n) is 1.84. The monoisotopic (exact) mass is 243 g/mol. The van der Waals surface area contributed by atoms with E-state index in [2.05, 4.69) is 4.98 Å². The molecule has 0 fully saturated rings. The number of hydrogen-bond donors (Lipinski definition) is 2. The maximum Gasteiger partial charge on any atom is 0.128 e. The average molecular weight is 243 g/mol. The molecule has 0 spiro atoms. The highest BCUT2D eigenvalue weighted by atomic mass is 16.5. The highest BCUT2D eigenvalue weighted by Crippen LogP contribution is 2.25. The molecule has 4 heteroatoms. The van der Waals surface area contributed by atoms with Crippen molar-refractivity contribution in [2.24, 2.45) is 5.73 Å². The molecule has 0 saturated heterocycles. The summed E-state index contributed by atoms with van der Waals surface area (Å²) >= 11 is 0. The molecule has 4 N–H and O–H groups in total. The molecule has 0 bridgehead atoms. The van der Waals surface area contributed by atoms with Crippen LogP contribution in [0.5, 0.6) is 5.75 Å². The van der Waals surface area contributed by atoms with Gasteiger partial charge in [0.25, 0.3) is 0 Å². The molecule has 0 aliphatic heterocycles. The van der Waals surface area contributed by atoms with Crippen LogP contribution in [0.25, 0.3) is 0 Å². The number of rotatable bonds is 4. The second-order valence-electron chi connectivity index (χ2n) is 3.96. The average Bonchev–Trinajstić information content (AvgIpc) is 2.39. The lowest BCUT2D eigenvalue weighted by Crippen LogP contribution is -2.14. The molecular formula is C14H17N3O. The maximum atomic E-state index is 6.21. The molecule has 2 aromatic rings. The fourth-order valence-corrected chi connectivity index (χ4v) is 1.84. The smallest absolute Gasteiger partial charge is 0.128 e. The Morgan fingerprint density at radius 3 is 2.83 bits per heavy atom. The van der Waals surface area contributed by atoms with E-state index < -0.39 is 0 Å². The molecule has 1 aromatic carbocycles. The van der Waals surface area contributed by atoms with Gasteiger partial charge in [-0.15, -0.1) is 0 Å². The normalized spacial score (nSPS) is 12.1. The molecule has 0 saturated carbocycles. The fraction of sp³-hybridized carbons (Fsp3) is 0.214. The Bertz CT molecular complexity index is 528. The summed E-state index contributed by atoms with van der Waals surface area (Å²) in [4.78, 5) is 4.05. The van der Waals surface area contributed by atoms with Crippen molar-refractivity contribution in [3.05, 3.63) is 53.7 Å². The largest absolute Gasteiger partial charge is 0.494 e. The van der Waals surface area contributed by atoms with Crippen molar-refractivity contribution in [2.45, 2.75) is 13.0 Å². The van der Waals surface area contributed by atoms with Gasteiger partial charge in [0.15, 0.2) is 0 Å². The molecule has 0 aliphatic carbocycles. The quantitative estimate of drug-likeness (QED) is 0.862. The number of nitrogens with two attached hydrogens (primary N) is 2. The number of benzene rings is 1. The standard InChI is InChI=1S/C14H17N3O/c1-2-18-11-6-3-5-10(9-11)13(15)12-7-4-8-17-14(12)16/h3-9,13H,2,15H2,1H3,(H2,16,17). The number of nitrogen functional groups attached to an aromatic ring is 1. The topological polar surface area (TPSA) is 74.2 Å². The number of nitrogens with zero attached hydrogens (tertiary/aromatic N) is 1. The molecule has 1 heterocycles. The van der Waals surface area contributed by atoms with Crippen molar-refractivity contribution in [3.63, 3.8) is 0 Å². The van der Waals surface area contributed by atoms with E-state index in [1.54, 1.807) is 6.20 Å². The van der Waals surface area contributed by atoms with Gasteiger partial charge in [-0.2, -0.15) is 0 Å². The highest BCUT2D eigenvalue weighted by Gasteiger charge is 2.12. The highest BCUT2D eigenvalue weighted by molar-refractivity contribution is 5.46. The molecule has 1 atom stereocenters. The number of ether oxygens (including phenoxy) is 1. The predicted octanol–water partition coefficient (Wildman–Crippen LogP) is 2.11. The minimum atomic E-state index is -0.292. The van der Waals surface area contributed by atoms with E-state index in [-0.39, 0.29) is 6.04 Å². The molecular weight excluding hydrogens is 226 g/mol. The van der Waals surface area contributed by atoms with Crippen molar-refractivity contribution < 1.29 is 4.74 Å². The van der Waals surface area contributed by atoms with Gasteiger partial charge in [-0.05, 0) is 30.7 Å². The first-order valence-corrected chi connectivity index (χ1v) is 5.91. The summed E-state index contributed by atoms with van der Waals surface area (Å²) in [5.41, 5.74) is 13.8.